The van der Waals surface area contributed by atoms with Gasteiger partial charge in [0.1, 0.15) is 11.5 Å². The van der Waals surface area contributed by atoms with Crippen LogP contribution >= 0.6 is 0 Å². The molecular formula is C22H32N6O2. The molecule has 2 aliphatic heterocycles. The van der Waals surface area contributed by atoms with Gasteiger partial charge in [0.15, 0.2) is 0 Å². The van der Waals surface area contributed by atoms with E-state index in [1.807, 2.05) is 18.0 Å². The van der Waals surface area contributed by atoms with Crippen molar-refractivity contribution >= 4 is 11.7 Å². The second kappa shape index (κ2) is 8.34. The van der Waals surface area contributed by atoms with Crippen LogP contribution < -0.4 is 4.90 Å². The van der Waals surface area contributed by atoms with Gasteiger partial charge >= 0.3 is 0 Å². The lowest BCUT2D eigenvalue weighted by Gasteiger charge is -2.51. The van der Waals surface area contributed by atoms with Crippen LogP contribution in [0.1, 0.15) is 49.3 Å². The zero-order valence-corrected chi connectivity index (χ0v) is 18.2. The molecule has 0 aliphatic carbocycles. The Kier molecular flexibility index (Phi) is 5.77. The number of aromatic nitrogens is 4. The van der Waals surface area contributed by atoms with Gasteiger partial charge in [-0.3, -0.25) is 14.5 Å². The Morgan fingerprint density at radius 3 is 2.87 bits per heavy atom. The van der Waals surface area contributed by atoms with Gasteiger partial charge in [-0.15, -0.1) is 0 Å². The molecule has 0 aromatic carbocycles. The Balaban J connectivity index is 1.53. The summed E-state index contributed by atoms with van der Waals surface area (Å²) in [6.07, 6.45) is 8.01. The number of likely N-dealkylation sites (tertiary alicyclic amines) is 1. The first-order valence-electron chi connectivity index (χ1n) is 10.9. The number of amides is 1. The molecular weight excluding hydrogens is 380 g/mol. The molecule has 162 valence electrons. The summed E-state index contributed by atoms with van der Waals surface area (Å²) in [4.78, 5) is 26.1. The Morgan fingerprint density at radius 1 is 1.30 bits per heavy atom. The van der Waals surface area contributed by atoms with Gasteiger partial charge < -0.3 is 14.9 Å². The molecule has 0 bridgehead atoms. The normalized spacial score (nSPS) is 24.6. The summed E-state index contributed by atoms with van der Waals surface area (Å²) >= 11 is 0. The lowest BCUT2D eigenvalue weighted by atomic mass is 9.71. The molecule has 30 heavy (non-hydrogen) atoms. The van der Waals surface area contributed by atoms with Gasteiger partial charge in [0.05, 0.1) is 18.0 Å². The summed E-state index contributed by atoms with van der Waals surface area (Å²) in [5.41, 5.74) is 1.23. The molecule has 2 atom stereocenters. The maximum absolute atomic E-state index is 13.4. The second-order valence-corrected chi connectivity index (χ2v) is 9.22. The molecule has 0 saturated carbocycles. The van der Waals surface area contributed by atoms with Crippen LogP contribution in [0, 0.1) is 11.3 Å². The number of anilines is 1. The molecule has 4 rings (SSSR count). The van der Waals surface area contributed by atoms with Gasteiger partial charge in [-0.1, -0.05) is 13.8 Å². The lowest BCUT2D eigenvalue weighted by molar-refractivity contribution is -0.0364. The number of aliphatic hydroxyl groups excluding tert-OH is 1. The van der Waals surface area contributed by atoms with Crippen LogP contribution in [-0.2, 0) is 13.5 Å². The largest absolute Gasteiger partial charge is 0.392 e. The van der Waals surface area contributed by atoms with Gasteiger partial charge in [0.25, 0.3) is 5.91 Å². The molecule has 2 aromatic rings. The summed E-state index contributed by atoms with van der Waals surface area (Å²) in [7, 11) is 1.84. The standard InChI is InChI=1S/C22H32N6O2/c1-16(2)11-17-12-18(26(3)25-17)21(30)28-9-4-6-22(15-28)14-27(10-5-19(22)29)20-13-23-7-8-24-20/h7-8,12-13,16,19,29H,4-6,9-11,14-15H2,1-3H3/t19-,22-/m0/s1. The molecule has 1 amide bonds. The number of piperidine rings is 2. The van der Waals surface area contributed by atoms with Crippen LogP contribution in [0.3, 0.4) is 0 Å². The topological polar surface area (TPSA) is 87.4 Å². The molecule has 0 radical (unpaired) electrons. The molecule has 0 unspecified atom stereocenters. The van der Waals surface area contributed by atoms with Crippen molar-refractivity contribution in [3.8, 4) is 0 Å². The van der Waals surface area contributed by atoms with Gasteiger partial charge in [-0.25, -0.2) is 4.98 Å². The van der Waals surface area contributed by atoms with Crippen molar-refractivity contribution in [1.82, 2.24) is 24.6 Å². The SMILES string of the molecule is CC(C)Cc1cc(C(=O)N2CCC[C@@]3(C2)CN(c2cnccn2)CC[C@@H]3O)n(C)n1. The summed E-state index contributed by atoms with van der Waals surface area (Å²) in [5, 5.41) is 15.5. The quantitative estimate of drug-likeness (QED) is 0.825. The Hall–Kier alpha value is -2.48. The highest BCUT2D eigenvalue weighted by atomic mass is 16.3. The molecule has 2 fully saturated rings. The number of hydrogen-bond acceptors (Lipinski definition) is 6. The van der Waals surface area contributed by atoms with Crippen LogP contribution in [0.4, 0.5) is 5.82 Å². The van der Waals surface area contributed by atoms with E-state index in [1.54, 1.807) is 23.3 Å². The summed E-state index contributed by atoms with van der Waals surface area (Å²) in [5.74, 6) is 1.32. The Morgan fingerprint density at radius 2 is 2.13 bits per heavy atom. The van der Waals surface area contributed by atoms with Crippen LogP contribution in [-0.4, -0.2) is 67.9 Å². The fourth-order valence-corrected chi connectivity index (χ4v) is 4.94. The van der Waals surface area contributed by atoms with Crippen molar-refractivity contribution in [3.05, 3.63) is 36.0 Å². The first-order chi connectivity index (χ1) is 14.4. The molecule has 8 heteroatoms. The monoisotopic (exact) mass is 412 g/mol. The smallest absolute Gasteiger partial charge is 0.272 e. The fraction of sp³-hybridized carbons (Fsp3) is 0.636. The summed E-state index contributed by atoms with van der Waals surface area (Å²) in [6.45, 7) is 6.99. The number of hydrogen-bond donors (Lipinski definition) is 1. The third kappa shape index (κ3) is 4.05. The van der Waals surface area contributed by atoms with Gasteiger partial charge in [-0.05, 0) is 37.7 Å². The molecule has 1 N–H and O–H groups in total. The van der Waals surface area contributed by atoms with Crippen LogP contribution in [0.5, 0.6) is 0 Å². The number of rotatable bonds is 4. The van der Waals surface area contributed by atoms with E-state index in [9.17, 15) is 9.90 Å². The Bertz CT molecular complexity index is 883. The lowest BCUT2D eigenvalue weighted by Crippen LogP contribution is -2.60. The number of aliphatic hydroxyl groups is 1. The van der Waals surface area contributed by atoms with E-state index in [-0.39, 0.29) is 11.3 Å². The zero-order valence-electron chi connectivity index (χ0n) is 18.2. The molecule has 4 heterocycles. The average Bonchev–Trinajstić information content (AvgIpc) is 3.09. The van der Waals surface area contributed by atoms with Crippen molar-refractivity contribution in [2.24, 2.45) is 18.4 Å². The van der Waals surface area contributed by atoms with Crippen molar-refractivity contribution in [3.63, 3.8) is 0 Å². The predicted octanol–water partition coefficient (Wildman–Crippen LogP) is 1.90. The number of nitrogens with zero attached hydrogens (tertiary/aromatic N) is 6. The minimum atomic E-state index is -0.427. The number of aryl methyl sites for hydroxylation is 1. The highest BCUT2D eigenvalue weighted by Gasteiger charge is 2.47. The maximum atomic E-state index is 13.4. The van der Waals surface area contributed by atoms with Crippen LogP contribution in [0.2, 0.25) is 0 Å². The van der Waals surface area contributed by atoms with Gasteiger partial charge in [0.2, 0.25) is 0 Å². The van der Waals surface area contributed by atoms with Gasteiger partial charge in [0, 0.05) is 51.0 Å². The first kappa shape index (κ1) is 20.8. The van der Waals surface area contributed by atoms with E-state index in [2.05, 4.69) is 33.8 Å². The zero-order chi connectivity index (χ0) is 21.3. The van der Waals surface area contributed by atoms with E-state index in [1.165, 1.54) is 0 Å². The van der Waals surface area contributed by atoms with Crippen molar-refractivity contribution in [2.45, 2.75) is 45.6 Å². The fourth-order valence-electron chi connectivity index (χ4n) is 4.94. The number of carbonyl (C=O) groups is 1. The molecule has 2 saturated heterocycles. The third-order valence-electron chi connectivity index (χ3n) is 6.42. The summed E-state index contributed by atoms with van der Waals surface area (Å²) < 4.78 is 1.70. The van der Waals surface area contributed by atoms with E-state index in [4.69, 9.17) is 0 Å². The Labute approximate surface area is 177 Å². The minimum Gasteiger partial charge on any atom is -0.392 e. The second-order valence-electron chi connectivity index (χ2n) is 9.22. The van der Waals surface area contributed by atoms with Crippen molar-refractivity contribution in [2.75, 3.05) is 31.1 Å². The highest BCUT2D eigenvalue weighted by Crippen LogP contribution is 2.40. The molecule has 2 aliphatic rings. The van der Waals surface area contributed by atoms with E-state index >= 15 is 0 Å². The summed E-state index contributed by atoms with van der Waals surface area (Å²) in [6, 6.07) is 1.92. The minimum absolute atomic E-state index is 0.00269. The van der Waals surface area contributed by atoms with E-state index < -0.39 is 6.10 Å². The van der Waals surface area contributed by atoms with Crippen LogP contribution in [0.15, 0.2) is 24.7 Å². The van der Waals surface area contributed by atoms with Crippen molar-refractivity contribution < 1.29 is 9.90 Å². The molecule has 8 nitrogen and oxygen atoms in total. The van der Waals surface area contributed by atoms with E-state index in [0.717, 1.165) is 37.3 Å². The first-order valence-corrected chi connectivity index (χ1v) is 10.9. The number of carbonyl (C=O) groups excluding carboxylic acids is 1. The molecule has 1 spiro atoms. The van der Waals surface area contributed by atoms with Gasteiger partial charge in [-0.2, -0.15) is 5.10 Å². The predicted molar refractivity (Wildman–Crippen MR) is 114 cm³/mol. The van der Waals surface area contributed by atoms with Crippen LogP contribution in [0.25, 0.3) is 0 Å². The highest BCUT2D eigenvalue weighted by molar-refractivity contribution is 5.92. The third-order valence-corrected chi connectivity index (χ3v) is 6.42. The van der Waals surface area contributed by atoms with E-state index in [0.29, 0.717) is 37.7 Å². The molecule has 2 aromatic heterocycles. The van der Waals surface area contributed by atoms with Crippen molar-refractivity contribution in [1.29, 1.82) is 0 Å². The maximum Gasteiger partial charge on any atom is 0.272 e. The average molecular weight is 413 g/mol.